The Morgan fingerprint density at radius 2 is 2.26 bits per heavy atom. The minimum absolute atomic E-state index is 0.0286. The van der Waals surface area contributed by atoms with Gasteiger partial charge in [0.25, 0.3) is 5.91 Å². The average Bonchev–Trinajstić information content (AvgIpc) is 2.87. The number of anilines is 2. The van der Waals surface area contributed by atoms with Gasteiger partial charge in [0, 0.05) is 45.3 Å². The van der Waals surface area contributed by atoms with Gasteiger partial charge in [-0.25, -0.2) is 0 Å². The number of nitrogens with two attached hydrogens (primary N) is 1. The van der Waals surface area contributed by atoms with Crippen LogP contribution >= 0.6 is 0 Å². The third kappa shape index (κ3) is 2.81. The molecule has 1 aliphatic rings. The Morgan fingerprint density at radius 1 is 1.53 bits per heavy atom. The van der Waals surface area contributed by atoms with Gasteiger partial charge in [0.2, 0.25) is 0 Å². The van der Waals surface area contributed by atoms with E-state index in [-0.39, 0.29) is 12.5 Å². The van der Waals surface area contributed by atoms with Crippen LogP contribution in [0.4, 0.5) is 11.4 Å². The fourth-order valence-corrected chi connectivity index (χ4v) is 2.41. The van der Waals surface area contributed by atoms with E-state index in [1.165, 1.54) is 0 Å². The summed E-state index contributed by atoms with van der Waals surface area (Å²) in [4.78, 5) is 15.7. The van der Waals surface area contributed by atoms with Gasteiger partial charge in [-0.2, -0.15) is 0 Å². The lowest BCUT2D eigenvalue weighted by atomic mass is 10.1. The van der Waals surface area contributed by atoms with Crippen molar-refractivity contribution in [1.29, 1.82) is 0 Å². The van der Waals surface area contributed by atoms with Crippen LogP contribution in [0.2, 0.25) is 0 Å². The Labute approximate surface area is 113 Å². The normalized spacial score (nSPS) is 18.7. The lowest BCUT2D eigenvalue weighted by Crippen LogP contribution is -2.24. The molecule has 19 heavy (non-hydrogen) atoms. The first-order chi connectivity index (χ1) is 9.02. The van der Waals surface area contributed by atoms with Gasteiger partial charge in [-0.15, -0.1) is 0 Å². The van der Waals surface area contributed by atoms with Crippen molar-refractivity contribution in [2.24, 2.45) is 5.92 Å². The maximum Gasteiger partial charge on any atom is 0.253 e. The molecule has 1 atom stereocenters. The Balaban J connectivity index is 2.25. The number of hydrogen-bond donors (Lipinski definition) is 2. The molecule has 5 nitrogen and oxygen atoms in total. The van der Waals surface area contributed by atoms with Crippen molar-refractivity contribution in [3.63, 3.8) is 0 Å². The monoisotopic (exact) mass is 263 g/mol. The molecular weight excluding hydrogens is 242 g/mol. The highest BCUT2D eigenvalue weighted by molar-refractivity contribution is 5.96. The SMILES string of the molecule is CN(C)C(=O)c1ccc(N)c(N2CCC(CO)C2)c1. The van der Waals surface area contributed by atoms with Crippen LogP contribution in [-0.4, -0.2) is 49.7 Å². The Hall–Kier alpha value is -1.75. The third-order valence-corrected chi connectivity index (χ3v) is 3.57. The van der Waals surface area contributed by atoms with Crippen molar-refractivity contribution in [3.8, 4) is 0 Å². The average molecular weight is 263 g/mol. The topological polar surface area (TPSA) is 69.8 Å². The van der Waals surface area contributed by atoms with Gasteiger partial charge >= 0.3 is 0 Å². The van der Waals surface area contributed by atoms with Crippen LogP contribution in [0.3, 0.4) is 0 Å². The molecule has 0 saturated carbocycles. The minimum Gasteiger partial charge on any atom is -0.397 e. The lowest BCUT2D eigenvalue weighted by molar-refractivity contribution is 0.0827. The number of nitrogens with zero attached hydrogens (tertiary/aromatic N) is 2. The zero-order valence-electron chi connectivity index (χ0n) is 11.5. The van der Waals surface area contributed by atoms with Crippen LogP contribution in [0.25, 0.3) is 0 Å². The molecule has 2 rings (SSSR count). The summed E-state index contributed by atoms with van der Waals surface area (Å²) in [6, 6.07) is 5.37. The second-order valence-corrected chi connectivity index (χ2v) is 5.26. The van der Waals surface area contributed by atoms with Gasteiger partial charge in [-0.05, 0) is 24.6 Å². The number of aliphatic hydroxyl groups excluding tert-OH is 1. The van der Waals surface area contributed by atoms with Crippen molar-refractivity contribution < 1.29 is 9.90 Å². The molecule has 1 aliphatic heterocycles. The van der Waals surface area contributed by atoms with Gasteiger partial charge in [0.05, 0.1) is 11.4 Å². The smallest absolute Gasteiger partial charge is 0.253 e. The molecule has 3 N–H and O–H groups in total. The summed E-state index contributed by atoms with van der Waals surface area (Å²) < 4.78 is 0. The van der Waals surface area contributed by atoms with E-state index in [4.69, 9.17) is 5.73 Å². The Bertz CT molecular complexity index is 474. The Morgan fingerprint density at radius 3 is 2.84 bits per heavy atom. The molecule has 1 heterocycles. The van der Waals surface area contributed by atoms with Gasteiger partial charge in [-0.1, -0.05) is 0 Å². The summed E-state index contributed by atoms with van der Waals surface area (Å²) in [6.07, 6.45) is 0.960. The molecule has 1 aromatic carbocycles. The van der Waals surface area contributed by atoms with Crippen LogP contribution < -0.4 is 10.6 Å². The second-order valence-electron chi connectivity index (χ2n) is 5.26. The summed E-state index contributed by atoms with van der Waals surface area (Å²) in [7, 11) is 3.46. The summed E-state index contributed by atoms with van der Waals surface area (Å²) in [5.41, 5.74) is 8.21. The van der Waals surface area contributed by atoms with Gasteiger partial charge < -0.3 is 20.6 Å². The number of carbonyl (C=O) groups excluding carboxylic acids is 1. The van der Waals surface area contributed by atoms with E-state index in [9.17, 15) is 9.90 Å². The number of hydrogen-bond acceptors (Lipinski definition) is 4. The molecule has 5 heteroatoms. The summed E-state index contributed by atoms with van der Waals surface area (Å²) in [5, 5.41) is 9.20. The van der Waals surface area contributed by atoms with Crippen molar-refractivity contribution in [2.45, 2.75) is 6.42 Å². The van der Waals surface area contributed by atoms with Crippen molar-refractivity contribution in [1.82, 2.24) is 4.90 Å². The third-order valence-electron chi connectivity index (χ3n) is 3.57. The lowest BCUT2D eigenvalue weighted by Gasteiger charge is -2.21. The number of nitrogen functional groups attached to an aromatic ring is 1. The Kier molecular flexibility index (Phi) is 3.95. The predicted molar refractivity (Wildman–Crippen MR) is 76.3 cm³/mol. The van der Waals surface area contributed by atoms with E-state index in [2.05, 4.69) is 4.90 Å². The van der Waals surface area contributed by atoms with E-state index in [1.54, 1.807) is 31.1 Å². The first kappa shape index (κ1) is 13.7. The standard InChI is InChI=1S/C14H21N3O2/c1-16(2)14(19)11-3-4-12(15)13(7-11)17-6-5-10(8-17)9-18/h3-4,7,10,18H,5-6,8-9,15H2,1-2H3. The highest BCUT2D eigenvalue weighted by Crippen LogP contribution is 2.30. The number of carbonyl (C=O) groups is 1. The van der Waals surface area contributed by atoms with Crippen LogP contribution in [0.1, 0.15) is 16.8 Å². The van der Waals surface area contributed by atoms with Gasteiger partial charge in [-0.3, -0.25) is 4.79 Å². The quantitative estimate of drug-likeness (QED) is 0.791. The van der Waals surface area contributed by atoms with Crippen LogP contribution in [0.15, 0.2) is 18.2 Å². The predicted octanol–water partition coefficient (Wildman–Crippen LogP) is 0.789. The fourth-order valence-electron chi connectivity index (χ4n) is 2.41. The molecule has 0 aromatic heterocycles. The zero-order chi connectivity index (χ0) is 14.0. The van der Waals surface area contributed by atoms with E-state index >= 15 is 0 Å². The molecule has 1 amide bonds. The first-order valence-electron chi connectivity index (χ1n) is 6.50. The van der Waals surface area contributed by atoms with Crippen molar-refractivity contribution in [3.05, 3.63) is 23.8 Å². The molecule has 0 bridgehead atoms. The van der Waals surface area contributed by atoms with Crippen LogP contribution in [0.5, 0.6) is 0 Å². The minimum atomic E-state index is -0.0286. The van der Waals surface area contributed by atoms with E-state index < -0.39 is 0 Å². The summed E-state index contributed by atoms with van der Waals surface area (Å²) in [5.74, 6) is 0.270. The van der Waals surface area contributed by atoms with Gasteiger partial charge in [0.1, 0.15) is 0 Å². The fraction of sp³-hybridized carbons (Fsp3) is 0.500. The summed E-state index contributed by atoms with van der Waals surface area (Å²) in [6.45, 7) is 1.86. The molecular formula is C14H21N3O2. The maximum absolute atomic E-state index is 12.0. The molecule has 1 unspecified atom stereocenters. The zero-order valence-corrected chi connectivity index (χ0v) is 11.5. The van der Waals surface area contributed by atoms with E-state index in [0.29, 0.717) is 17.2 Å². The van der Waals surface area contributed by atoms with Gasteiger partial charge in [0.15, 0.2) is 0 Å². The second kappa shape index (κ2) is 5.48. The molecule has 0 spiro atoms. The molecule has 1 saturated heterocycles. The number of aliphatic hydroxyl groups is 1. The van der Waals surface area contributed by atoms with E-state index in [0.717, 1.165) is 25.2 Å². The van der Waals surface area contributed by atoms with Crippen LogP contribution in [0, 0.1) is 5.92 Å². The molecule has 0 aliphatic carbocycles. The highest BCUT2D eigenvalue weighted by Gasteiger charge is 2.24. The summed E-state index contributed by atoms with van der Waals surface area (Å²) >= 11 is 0. The molecule has 1 aromatic rings. The van der Waals surface area contributed by atoms with E-state index in [1.807, 2.05) is 6.07 Å². The van der Waals surface area contributed by atoms with Crippen LogP contribution in [-0.2, 0) is 0 Å². The molecule has 0 radical (unpaired) electrons. The number of rotatable bonds is 3. The maximum atomic E-state index is 12.0. The van der Waals surface area contributed by atoms with Crippen molar-refractivity contribution >= 4 is 17.3 Å². The largest absolute Gasteiger partial charge is 0.397 e. The molecule has 104 valence electrons. The first-order valence-corrected chi connectivity index (χ1v) is 6.50. The van der Waals surface area contributed by atoms with Crippen molar-refractivity contribution in [2.75, 3.05) is 44.4 Å². The number of amides is 1. The highest BCUT2D eigenvalue weighted by atomic mass is 16.3. The molecule has 1 fully saturated rings. The number of benzene rings is 1.